The molecule has 24 heavy (non-hydrogen) atoms. The molecular formula is C17H17N5OS. The number of nitrogens with zero attached hydrogens (tertiary/aromatic N) is 4. The summed E-state index contributed by atoms with van der Waals surface area (Å²) in [5, 5.41) is 13.5. The normalized spacial score (nSPS) is 16.0. The highest BCUT2D eigenvalue weighted by molar-refractivity contribution is 7.09. The molecule has 1 aromatic carbocycles. The Labute approximate surface area is 143 Å². The summed E-state index contributed by atoms with van der Waals surface area (Å²) in [4.78, 5) is 14.6. The summed E-state index contributed by atoms with van der Waals surface area (Å²) in [5.41, 5.74) is 7.67. The number of hydrogen-bond donors (Lipinski definition) is 2. The molecule has 1 atom stereocenters. The van der Waals surface area contributed by atoms with Crippen LogP contribution in [0, 0.1) is 0 Å². The molecule has 0 fully saturated rings. The van der Waals surface area contributed by atoms with Crippen molar-refractivity contribution < 1.29 is 5.11 Å². The number of hydrogen-bond acceptors (Lipinski definition) is 7. The Bertz CT molecular complexity index is 878. The maximum absolute atomic E-state index is 11.0. The van der Waals surface area contributed by atoms with Crippen molar-refractivity contribution in [3.05, 3.63) is 58.2 Å². The fourth-order valence-corrected chi connectivity index (χ4v) is 3.74. The lowest BCUT2D eigenvalue weighted by Gasteiger charge is -2.24. The van der Waals surface area contributed by atoms with Gasteiger partial charge in [-0.2, -0.15) is 4.98 Å². The van der Waals surface area contributed by atoms with Crippen molar-refractivity contribution in [3.8, 4) is 0 Å². The van der Waals surface area contributed by atoms with E-state index in [1.165, 1.54) is 16.9 Å². The number of fused-ring (bicyclic) bond motifs is 1. The van der Waals surface area contributed by atoms with Crippen molar-refractivity contribution >= 4 is 28.8 Å². The van der Waals surface area contributed by atoms with Crippen LogP contribution in [0.1, 0.15) is 23.1 Å². The van der Waals surface area contributed by atoms with Crippen LogP contribution in [0.2, 0.25) is 0 Å². The first-order chi connectivity index (χ1) is 11.6. The number of aliphatic hydroxyl groups is 1. The van der Waals surface area contributed by atoms with Gasteiger partial charge in [0.25, 0.3) is 0 Å². The number of rotatable bonds is 3. The number of thiazole rings is 1. The molecule has 0 bridgehead atoms. The van der Waals surface area contributed by atoms with E-state index in [4.69, 9.17) is 5.73 Å². The lowest BCUT2D eigenvalue weighted by atomic mass is 9.95. The minimum Gasteiger partial charge on any atom is -0.378 e. The zero-order valence-electron chi connectivity index (χ0n) is 13.2. The van der Waals surface area contributed by atoms with Crippen molar-refractivity contribution in [2.75, 3.05) is 17.2 Å². The number of aromatic nitrogens is 3. The van der Waals surface area contributed by atoms with E-state index in [0.29, 0.717) is 5.01 Å². The van der Waals surface area contributed by atoms with Crippen LogP contribution in [0.5, 0.6) is 0 Å². The second-order valence-corrected chi connectivity index (χ2v) is 6.82. The maximum Gasteiger partial charge on any atom is 0.221 e. The Morgan fingerprint density at radius 2 is 2.12 bits per heavy atom. The second-order valence-electron chi connectivity index (χ2n) is 5.93. The van der Waals surface area contributed by atoms with Gasteiger partial charge in [-0.3, -0.25) is 0 Å². The molecule has 3 heterocycles. The lowest BCUT2D eigenvalue weighted by Crippen LogP contribution is -2.23. The fourth-order valence-electron chi connectivity index (χ4n) is 3.02. The molecule has 1 aliphatic rings. The molecule has 0 radical (unpaired) electrons. The predicted octanol–water partition coefficient (Wildman–Crippen LogP) is 2.47. The molecule has 0 amide bonds. The third kappa shape index (κ3) is 2.42. The minimum atomic E-state index is -1.12. The third-order valence-electron chi connectivity index (χ3n) is 4.33. The van der Waals surface area contributed by atoms with E-state index in [-0.39, 0.29) is 5.95 Å². The molecule has 1 aliphatic heterocycles. The van der Waals surface area contributed by atoms with Crippen molar-refractivity contribution in [2.45, 2.75) is 18.9 Å². The first-order valence-electron chi connectivity index (χ1n) is 7.67. The molecule has 4 rings (SSSR count). The summed E-state index contributed by atoms with van der Waals surface area (Å²) in [7, 11) is 0. The van der Waals surface area contributed by atoms with Gasteiger partial charge in [0.15, 0.2) is 0 Å². The van der Waals surface area contributed by atoms with Crippen LogP contribution < -0.4 is 10.6 Å². The van der Waals surface area contributed by atoms with Crippen LogP contribution in [0.4, 0.5) is 17.5 Å². The molecule has 3 aromatic rings. The molecule has 0 aliphatic carbocycles. The van der Waals surface area contributed by atoms with Crippen LogP contribution in [0.3, 0.4) is 0 Å². The summed E-state index contributed by atoms with van der Waals surface area (Å²) < 4.78 is 0. The first kappa shape index (κ1) is 15.0. The molecule has 6 nitrogen and oxygen atoms in total. The van der Waals surface area contributed by atoms with Gasteiger partial charge >= 0.3 is 0 Å². The number of benzene rings is 1. The summed E-state index contributed by atoms with van der Waals surface area (Å²) in [6, 6.07) is 7.90. The van der Waals surface area contributed by atoms with E-state index in [9.17, 15) is 5.11 Å². The van der Waals surface area contributed by atoms with Crippen molar-refractivity contribution in [1.82, 2.24) is 15.0 Å². The Balaban J connectivity index is 1.76. The Hall–Kier alpha value is -2.51. The van der Waals surface area contributed by atoms with Crippen molar-refractivity contribution in [2.24, 2.45) is 0 Å². The summed E-state index contributed by atoms with van der Waals surface area (Å²) in [6.45, 7) is 2.60. The second kappa shape index (κ2) is 5.54. The van der Waals surface area contributed by atoms with E-state index in [1.807, 2.05) is 23.6 Å². The molecular weight excluding hydrogens is 322 g/mol. The highest BCUT2D eigenvalue weighted by Crippen LogP contribution is 2.38. The van der Waals surface area contributed by atoms with Crippen LogP contribution in [-0.4, -0.2) is 26.6 Å². The topological polar surface area (TPSA) is 88.2 Å². The van der Waals surface area contributed by atoms with Crippen LogP contribution in [0.25, 0.3) is 0 Å². The van der Waals surface area contributed by atoms with Gasteiger partial charge in [-0.15, -0.1) is 11.3 Å². The molecule has 3 N–H and O–H groups in total. The van der Waals surface area contributed by atoms with Gasteiger partial charge in [0.05, 0.1) is 0 Å². The van der Waals surface area contributed by atoms with Crippen LogP contribution in [0.15, 0.2) is 42.0 Å². The average Bonchev–Trinajstić information content (AvgIpc) is 3.24. The predicted molar refractivity (Wildman–Crippen MR) is 94.4 cm³/mol. The smallest absolute Gasteiger partial charge is 0.221 e. The van der Waals surface area contributed by atoms with Crippen LogP contribution in [-0.2, 0) is 12.0 Å². The zero-order chi connectivity index (χ0) is 16.7. The van der Waals surface area contributed by atoms with E-state index in [2.05, 4.69) is 25.9 Å². The summed E-state index contributed by atoms with van der Waals surface area (Å²) in [5.74, 6) is 1.03. The van der Waals surface area contributed by atoms with E-state index in [0.717, 1.165) is 30.0 Å². The van der Waals surface area contributed by atoms with Gasteiger partial charge in [0, 0.05) is 30.0 Å². The number of nitrogens with two attached hydrogens (primary N) is 1. The summed E-state index contributed by atoms with van der Waals surface area (Å²) >= 11 is 1.45. The monoisotopic (exact) mass is 339 g/mol. The van der Waals surface area contributed by atoms with Crippen molar-refractivity contribution in [3.63, 3.8) is 0 Å². The zero-order valence-corrected chi connectivity index (χ0v) is 14.0. The lowest BCUT2D eigenvalue weighted by molar-refractivity contribution is 0.102. The first-order valence-corrected chi connectivity index (χ1v) is 8.55. The van der Waals surface area contributed by atoms with Gasteiger partial charge in [0.1, 0.15) is 16.4 Å². The minimum absolute atomic E-state index is 0.256. The van der Waals surface area contributed by atoms with Gasteiger partial charge in [-0.05, 0) is 36.6 Å². The van der Waals surface area contributed by atoms with Gasteiger partial charge < -0.3 is 15.7 Å². The Morgan fingerprint density at radius 3 is 2.88 bits per heavy atom. The number of nitrogen functional groups attached to an aromatic ring is 1. The van der Waals surface area contributed by atoms with E-state index >= 15 is 0 Å². The average molecular weight is 339 g/mol. The molecule has 0 unspecified atom stereocenters. The molecule has 0 saturated carbocycles. The molecule has 122 valence electrons. The molecule has 0 spiro atoms. The molecule has 7 heteroatoms. The Kier molecular flexibility index (Phi) is 3.47. The van der Waals surface area contributed by atoms with Crippen molar-refractivity contribution in [1.29, 1.82) is 0 Å². The SMILES string of the molecule is C[C@@](O)(c1ccc2c(c1)N(c1ccnc(N)n1)CC2)c1nccs1. The number of anilines is 3. The highest BCUT2D eigenvalue weighted by atomic mass is 32.1. The maximum atomic E-state index is 11.0. The van der Waals surface area contributed by atoms with Gasteiger partial charge in [-0.1, -0.05) is 12.1 Å². The highest BCUT2D eigenvalue weighted by Gasteiger charge is 2.31. The largest absolute Gasteiger partial charge is 0.378 e. The Morgan fingerprint density at radius 1 is 1.25 bits per heavy atom. The molecule has 0 saturated heterocycles. The van der Waals surface area contributed by atoms with Gasteiger partial charge in [0.2, 0.25) is 5.95 Å². The van der Waals surface area contributed by atoms with E-state index < -0.39 is 5.60 Å². The molecule has 2 aromatic heterocycles. The van der Waals surface area contributed by atoms with Gasteiger partial charge in [-0.25, -0.2) is 9.97 Å². The fraction of sp³-hybridized carbons (Fsp3) is 0.235. The standard InChI is InChI=1S/C17H17N5OS/c1-17(23,15-19-7-9-24-15)12-3-2-11-5-8-22(13(11)10-12)14-4-6-20-16(18)21-14/h2-4,6-7,9-10,23H,5,8H2,1H3,(H2,18,20,21)/t17-/m1/s1. The van der Waals surface area contributed by atoms with Crippen LogP contribution >= 0.6 is 11.3 Å². The third-order valence-corrected chi connectivity index (χ3v) is 5.31. The summed E-state index contributed by atoms with van der Waals surface area (Å²) in [6.07, 6.45) is 4.29. The quantitative estimate of drug-likeness (QED) is 0.762. The van der Waals surface area contributed by atoms with E-state index in [1.54, 1.807) is 19.3 Å².